The highest BCUT2D eigenvalue weighted by atomic mass is 16.3. The lowest BCUT2D eigenvalue weighted by Crippen LogP contribution is -2.24. The minimum absolute atomic E-state index is 0.348. The van der Waals surface area contributed by atoms with Crippen LogP contribution in [-0.2, 0) is 6.42 Å². The van der Waals surface area contributed by atoms with Gasteiger partial charge in [0.25, 0.3) is 0 Å². The van der Waals surface area contributed by atoms with Crippen LogP contribution < -0.4 is 0 Å². The van der Waals surface area contributed by atoms with Crippen LogP contribution in [0, 0.1) is 12.8 Å². The topological polar surface area (TPSA) is 23.5 Å². The molecule has 0 saturated carbocycles. The van der Waals surface area contributed by atoms with Crippen LogP contribution in [0.3, 0.4) is 0 Å². The minimum Gasteiger partial charge on any atom is -0.396 e. The molecule has 2 heteroatoms. The SMILES string of the molecule is Cc1cccc(CCN2CCC(CO)C2)c1. The van der Waals surface area contributed by atoms with Crippen molar-refractivity contribution in [3.63, 3.8) is 0 Å². The Hall–Kier alpha value is -0.860. The molecule has 1 unspecified atom stereocenters. The molecular weight excluding hydrogens is 198 g/mol. The van der Waals surface area contributed by atoms with Crippen molar-refractivity contribution >= 4 is 0 Å². The van der Waals surface area contributed by atoms with Crippen LogP contribution in [0.15, 0.2) is 24.3 Å². The maximum Gasteiger partial charge on any atom is 0.0471 e. The molecule has 1 aliphatic heterocycles. The molecule has 1 fully saturated rings. The molecule has 1 aromatic rings. The minimum atomic E-state index is 0.348. The van der Waals surface area contributed by atoms with Gasteiger partial charge in [-0.3, -0.25) is 0 Å². The lowest BCUT2D eigenvalue weighted by atomic mass is 10.1. The Bertz CT molecular complexity index is 337. The van der Waals surface area contributed by atoms with Gasteiger partial charge in [0.2, 0.25) is 0 Å². The van der Waals surface area contributed by atoms with Gasteiger partial charge in [-0.25, -0.2) is 0 Å². The van der Waals surface area contributed by atoms with Crippen molar-refractivity contribution in [1.29, 1.82) is 0 Å². The molecule has 0 aromatic heterocycles. The van der Waals surface area contributed by atoms with E-state index in [-0.39, 0.29) is 0 Å². The van der Waals surface area contributed by atoms with E-state index in [2.05, 4.69) is 36.1 Å². The highest BCUT2D eigenvalue weighted by Gasteiger charge is 2.20. The molecule has 16 heavy (non-hydrogen) atoms. The lowest BCUT2D eigenvalue weighted by Gasteiger charge is -2.15. The Morgan fingerprint density at radius 2 is 2.31 bits per heavy atom. The molecule has 1 saturated heterocycles. The van der Waals surface area contributed by atoms with E-state index in [0.717, 1.165) is 32.5 Å². The van der Waals surface area contributed by atoms with Gasteiger partial charge in [0, 0.05) is 19.7 Å². The summed E-state index contributed by atoms with van der Waals surface area (Å²) in [6.45, 7) is 5.83. The Balaban J connectivity index is 1.80. The number of benzene rings is 1. The summed E-state index contributed by atoms with van der Waals surface area (Å²) in [5.74, 6) is 0.512. The molecule has 88 valence electrons. The fourth-order valence-corrected chi connectivity index (χ4v) is 2.42. The summed E-state index contributed by atoms with van der Waals surface area (Å²) in [6.07, 6.45) is 2.28. The van der Waals surface area contributed by atoms with Crippen LogP contribution in [0.5, 0.6) is 0 Å². The summed E-state index contributed by atoms with van der Waals surface area (Å²) < 4.78 is 0. The average molecular weight is 219 g/mol. The van der Waals surface area contributed by atoms with E-state index in [1.54, 1.807) is 0 Å². The quantitative estimate of drug-likeness (QED) is 0.835. The van der Waals surface area contributed by atoms with E-state index in [1.165, 1.54) is 11.1 Å². The number of nitrogens with zero attached hydrogens (tertiary/aromatic N) is 1. The van der Waals surface area contributed by atoms with Crippen molar-refractivity contribution in [2.45, 2.75) is 19.8 Å². The van der Waals surface area contributed by atoms with Crippen molar-refractivity contribution in [3.05, 3.63) is 35.4 Å². The van der Waals surface area contributed by atoms with E-state index in [0.29, 0.717) is 12.5 Å². The maximum absolute atomic E-state index is 9.08. The molecule has 0 radical (unpaired) electrons. The smallest absolute Gasteiger partial charge is 0.0471 e. The standard InChI is InChI=1S/C14H21NO/c1-12-3-2-4-13(9-12)5-7-15-8-6-14(10-15)11-16/h2-4,9,14,16H,5-8,10-11H2,1H3. The third-order valence-electron chi connectivity index (χ3n) is 3.43. The number of aliphatic hydroxyl groups is 1. The van der Waals surface area contributed by atoms with E-state index >= 15 is 0 Å². The fraction of sp³-hybridized carbons (Fsp3) is 0.571. The third kappa shape index (κ3) is 3.06. The highest BCUT2D eigenvalue weighted by molar-refractivity contribution is 5.22. The van der Waals surface area contributed by atoms with Crippen molar-refractivity contribution in [2.75, 3.05) is 26.2 Å². The Morgan fingerprint density at radius 3 is 3.00 bits per heavy atom. The molecule has 1 aromatic carbocycles. The average Bonchev–Trinajstić information content (AvgIpc) is 2.74. The van der Waals surface area contributed by atoms with Crippen molar-refractivity contribution in [1.82, 2.24) is 4.90 Å². The first-order valence-electron chi connectivity index (χ1n) is 6.16. The summed E-state index contributed by atoms with van der Waals surface area (Å²) in [5.41, 5.74) is 2.76. The molecule has 0 amide bonds. The van der Waals surface area contributed by atoms with Crippen molar-refractivity contribution < 1.29 is 5.11 Å². The zero-order valence-corrected chi connectivity index (χ0v) is 10.0. The molecule has 2 nitrogen and oxygen atoms in total. The monoisotopic (exact) mass is 219 g/mol. The van der Waals surface area contributed by atoms with Gasteiger partial charge in [-0.1, -0.05) is 29.8 Å². The predicted octanol–water partition coefficient (Wildman–Crippen LogP) is 1.85. The number of rotatable bonds is 4. The summed E-state index contributed by atoms with van der Waals surface area (Å²) in [4.78, 5) is 2.46. The number of aliphatic hydroxyl groups excluding tert-OH is 1. The summed E-state index contributed by atoms with van der Waals surface area (Å²) >= 11 is 0. The van der Waals surface area contributed by atoms with Crippen LogP contribution in [0.25, 0.3) is 0 Å². The highest BCUT2D eigenvalue weighted by Crippen LogP contribution is 2.16. The van der Waals surface area contributed by atoms with E-state index in [9.17, 15) is 0 Å². The molecule has 1 N–H and O–H groups in total. The zero-order valence-electron chi connectivity index (χ0n) is 10.0. The van der Waals surface area contributed by atoms with Crippen LogP contribution in [0.2, 0.25) is 0 Å². The predicted molar refractivity (Wildman–Crippen MR) is 66.5 cm³/mol. The number of hydrogen-bond donors (Lipinski definition) is 1. The molecule has 0 aliphatic carbocycles. The summed E-state index contributed by atoms with van der Waals surface area (Å²) in [6, 6.07) is 8.73. The molecule has 0 bridgehead atoms. The lowest BCUT2D eigenvalue weighted by molar-refractivity contribution is 0.222. The number of hydrogen-bond acceptors (Lipinski definition) is 2. The van der Waals surface area contributed by atoms with Crippen LogP contribution in [0.1, 0.15) is 17.5 Å². The first-order chi connectivity index (χ1) is 7.78. The Labute approximate surface area is 97.9 Å². The second-order valence-electron chi connectivity index (χ2n) is 4.88. The molecular formula is C14H21NO. The van der Waals surface area contributed by atoms with Gasteiger partial charge < -0.3 is 10.0 Å². The fourth-order valence-electron chi connectivity index (χ4n) is 2.42. The van der Waals surface area contributed by atoms with Gasteiger partial charge in [0.05, 0.1) is 0 Å². The molecule has 1 atom stereocenters. The largest absolute Gasteiger partial charge is 0.396 e. The Kier molecular flexibility index (Phi) is 3.97. The molecule has 2 rings (SSSR count). The van der Waals surface area contributed by atoms with Crippen LogP contribution in [-0.4, -0.2) is 36.2 Å². The van der Waals surface area contributed by atoms with Gasteiger partial charge in [-0.15, -0.1) is 0 Å². The van der Waals surface area contributed by atoms with Crippen LogP contribution >= 0.6 is 0 Å². The second-order valence-corrected chi connectivity index (χ2v) is 4.88. The van der Waals surface area contributed by atoms with Gasteiger partial charge >= 0.3 is 0 Å². The molecule has 1 heterocycles. The summed E-state index contributed by atoms with van der Waals surface area (Å²) in [5, 5.41) is 9.08. The van der Waals surface area contributed by atoms with Crippen LogP contribution in [0.4, 0.5) is 0 Å². The van der Waals surface area contributed by atoms with Crippen molar-refractivity contribution in [3.8, 4) is 0 Å². The van der Waals surface area contributed by atoms with E-state index in [4.69, 9.17) is 5.11 Å². The van der Waals surface area contributed by atoms with E-state index in [1.807, 2.05) is 0 Å². The van der Waals surface area contributed by atoms with Gasteiger partial charge in [0.15, 0.2) is 0 Å². The van der Waals surface area contributed by atoms with Gasteiger partial charge in [0.1, 0.15) is 0 Å². The molecule has 0 spiro atoms. The first-order valence-corrected chi connectivity index (χ1v) is 6.16. The number of likely N-dealkylation sites (tertiary alicyclic amines) is 1. The molecule has 1 aliphatic rings. The van der Waals surface area contributed by atoms with Crippen molar-refractivity contribution in [2.24, 2.45) is 5.92 Å². The maximum atomic E-state index is 9.08. The summed E-state index contributed by atoms with van der Waals surface area (Å²) in [7, 11) is 0. The van der Waals surface area contributed by atoms with E-state index < -0.39 is 0 Å². The normalized spacial score (nSPS) is 21.5. The van der Waals surface area contributed by atoms with Gasteiger partial charge in [-0.2, -0.15) is 0 Å². The first kappa shape index (κ1) is 11.6. The third-order valence-corrected chi connectivity index (χ3v) is 3.43. The second kappa shape index (κ2) is 5.46. The zero-order chi connectivity index (χ0) is 11.4. The Morgan fingerprint density at radius 1 is 1.44 bits per heavy atom. The number of aryl methyl sites for hydroxylation is 1. The van der Waals surface area contributed by atoms with Gasteiger partial charge in [-0.05, 0) is 37.8 Å².